The van der Waals surface area contributed by atoms with E-state index in [1.165, 1.54) is 42.7 Å². The van der Waals surface area contributed by atoms with Crippen LogP contribution in [0, 0.1) is 0 Å². The lowest BCUT2D eigenvalue weighted by molar-refractivity contribution is 0.102. The molecule has 3 N–H and O–H groups in total. The summed E-state index contributed by atoms with van der Waals surface area (Å²) in [5.41, 5.74) is 0.247. The Morgan fingerprint density at radius 1 is 1.11 bits per heavy atom. The summed E-state index contributed by atoms with van der Waals surface area (Å²) in [6, 6.07) is 10.3. The predicted octanol–water partition coefficient (Wildman–Crippen LogP) is 3.20. The van der Waals surface area contributed by atoms with Crippen molar-refractivity contribution >= 4 is 57.2 Å². The molecular weight excluding hydrogens is 529 g/mol. The van der Waals surface area contributed by atoms with Crippen molar-refractivity contribution in [3.8, 4) is 5.75 Å². The number of benzene rings is 1. The molecule has 2 amide bonds. The lowest BCUT2D eigenvalue weighted by Crippen LogP contribution is -2.23. The van der Waals surface area contributed by atoms with Crippen LogP contribution in [0.25, 0.3) is 0 Å². The number of sulfone groups is 1. The van der Waals surface area contributed by atoms with Gasteiger partial charge in [0.2, 0.25) is 0 Å². The molecule has 4 rings (SSSR count). The summed E-state index contributed by atoms with van der Waals surface area (Å²) < 4.78 is 30.1. The van der Waals surface area contributed by atoms with Crippen LogP contribution >= 0.6 is 24.0 Å². The fraction of sp³-hybridized carbons (Fsp3) is 0.217. The van der Waals surface area contributed by atoms with Crippen molar-refractivity contribution in [1.82, 2.24) is 15.3 Å². The number of pyridine rings is 2. The second kappa shape index (κ2) is 11.7. The third kappa shape index (κ3) is 6.70. The molecule has 0 aliphatic carbocycles. The van der Waals surface area contributed by atoms with Crippen molar-refractivity contribution < 1.29 is 22.7 Å². The summed E-state index contributed by atoms with van der Waals surface area (Å²) in [5.74, 6) is -0.770. The molecule has 1 aliphatic heterocycles. The van der Waals surface area contributed by atoms with Gasteiger partial charge in [0.25, 0.3) is 11.8 Å². The molecule has 1 aliphatic rings. The molecule has 36 heavy (non-hydrogen) atoms. The highest BCUT2D eigenvalue weighted by molar-refractivity contribution is 7.90. The molecule has 0 radical (unpaired) electrons. The standard InChI is InChI=1S/C23H22ClN5O5S.ClH/c1-35(32,33)16-5-6-17(19(11-16)34-15-8-10-25-13-15)22(30)28-18-3-2-9-26-21(18)23(31)29-20-7-4-14(24)12-27-20;/h2-7,9,11-12,15,25H,8,10,13H2,1H3,(H,28,30)(H,27,29,31);1H. The summed E-state index contributed by atoms with van der Waals surface area (Å²) >= 11 is 5.82. The number of nitrogens with zero attached hydrogens (tertiary/aromatic N) is 2. The van der Waals surface area contributed by atoms with E-state index in [4.69, 9.17) is 16.3 Å². The van der Waals surface area contributed by atoms with Gasteiger partial charge in [-0.25, -0.2) is 18.4 Å². The third-order valence-corrected chi connectivity index (χ3v) is 6.51. The molecule has 1 fully saturated rings. The average molecular weight is 552 g/mol. The Kier molecular flexibility index (Phi) is 8.85. The highest BCUT2D eigenvalue weighted by atomic mass is 35.5. The first-order valence-corrected chi connectivity index (χ1v) is 12.9. The maximum absolute atomic E-state index is 13.2. The van der Waals surface area contributed by atoms with Gasteiger partial charge in [-0.05, 0) is 55.4 Å². The highest BCUT2D eigenvalue weighted by Crippen LogP contribution is 2.27. The van der Waals surface area contributed by atoms with Crippen LogP contribution in [0.3, 0.4) is 0 Å². The molecular formula is C23H23Cl2N5O5S. The number of ether oxygens (including phenoxy) is 1. The number of hydrogen-bond acceptors (Lipinski definition) is 8. The van der Waals surface area contributed by atoms with Gasteiger partial charge in [0.15, 0.2) is 15.5 Å². The van der Waals surface area contributed by atoms with Crippen LogP contribution in [0.2, 0.25) is 5.02 Å². The summed E-state index contributed by atoms with van der Waals surface area (Å²) in [5, 5.41) is 8.86. The molecule has 0 spiro atoms. The first-order valence-electron chi connectivity index (χ1n) is 10.6. The number of rotatable bonds is 7. The predicted molar refractivity (Wildman–Crippen MR) is 138 cm³/mol. The van der Waals surface area contributed by atoms with Gasteiger partial charge in [0, 0.05) is 25.2 Å². The SMILES string of the molecule is CS(=O)(=O)c1ccc(C(=O)Nc2cccnc2C(=O)Nc2ccc(Cl)cn2)c(OC2CCNC2)c1.Cl. The maximum atomic E-state index is 13.2. The Labute approximate surface area is 219 Å². The van der Waals surface area contributed by atoms with E-state index in [0.717, 1.165) is 19.2 Å². The highest BCUT2D eigenvalue weighted by Gasteiger charge is 2.23. The zero-order valence-electron chi connectivity index (χ0n) is 19.0. The van der Waals surface area contributed by atoms with Gasteiger partial charge in [-0.2, -0.15) is 0 Å². The first kappa shape index (κ1) is 27.3. The Balaban J connectivity index is 0.00000361. The van der Waals surface area contributed by atoms with Crippen molar-refractivity contribution in [2.45, 2.75) is 17.4 Å². The van der Waals surface area contributed by atoms with Crippen LogP contribution in [0.5, 0.6) is 5.75 Å². The zero-order valence-corrected chi connectivity index (χ0v) is 21.4. The van der Waals surface area contributed by atoms with E-state index in [1.54, 1.807) is 12.1 Å². The number of nitrogens with one attached hydrogen (secondary N) is 3. The molecule has 0 saturated carbocycles. The van der Waals surface area contributed by atoms with Crippen LogP contribution in [-0.4, -0.2) is 55.6 Å². The Morgan fingerprint density at radius 3 is 2.58 bits per heavy atom. The molecule has 1 atom stereocenters. The van der Waals surface area contributed by atoms with Gasteiger partial charge in [-0.15, -0.1) is 12.4 Å². The van der Waals surface area contributed by atoms with Gasteiger partial charge in [-0.1, -0.05) is 11.6 Å². The van der Waals surface area contributed by atoms with Crippen LogP contribution in [0.15, 0.2) is 59.8 Å². The van der Waals surface area contributed by atoms with Crippen molar-refractivity contribution in [2.75, 3.05) is 30.0 Å². The number of carbonyl (C=O) groups excluding carboxylic acids is 2. The normalized spacial score (nSPS) is 15.0. The molecule has 190 valence electrons. The van der Waals surface area contributed by atoms with Crippen molar-refractivity contribution in [3.05, 3.63) is 71.1 Å². The summed E-state index contributed by atoms with van der Waals surface area (Å²) in [6.07, 6.45) is 4.40. The fourth-order valence-corrected chi connectivity index (χ4v) is 4.18. The zero-order chi connectivity index (χ0) is 25.0. The van der Waals surface area contributed by atoms with E-state index < -0.39 is 21.7 Å². The van der Waals surface area contributed by atoms with E-state index >= 15 is 0 Å². The number of carbonyl (C=O) groups is 2. The Morgan fingerprint density at radius 2 is 1.92 bits per heavy atom. The smallest absolute Gasteiger partial charge is 0.277 e. The Bertz CT molecular complexity index is 1360. The van der Waals surface area contributed by atoms with E-state index in [-0.39, 0.29) is 51.9 Å². The lowest BCUT2D eigenvalue weighted by atomic mass is 10.1. The monoisotopic (exact) mass is 551 g/mol. The Hall–Kier alpha value is -3.25. The molecule has 3 aromatic rings. The average Bonchev–Trinajstić information content (AvgIpc) is 3.33. The van der Waals surface area contributed by atoms with Crippen molar-refractivity contribution in [2.24, 2.45) is 0 Å². The third-order valence-electron chi connectivity index (χ3n) is 5.17. The maximum Gasteiger partial charge on any atom is 0.277 e. The number of halogens is 2. The second-order valence-corrected chi connectivity index (χ2v) is 10.3. The topological polar surface area (TPSA) is 139 Å². The minimum absolute atomic E-state index is 0. The number of aromatic nitrogens is 2. The number of hydrogen-bond donors (Lipinski definition) is 3. The summed E-state index contributed by atoms with van der Waals surface area (Å²) in [6.45, 7) is 1.34. The van der Waals surface area contributed by atoms with Crippen LogP contribution in [-0.2, 0) is 9.84 Å². The minimum Gasteiger partial charge on any atom is -0.488 e. The molecule has 10 nitrogen and oxygen atoms in total. The quantitative estimate of drug-likeness (QED) is 0.406. The molecule has 0 bridgehead atoms. The molecule has 13 heteroatoms. The lowest BCUT2D eigenvalue weighted by Gasteiger charge is -2.17. The molecule has 3 heterocycles. The van der Waals surface area contributed by atoms with Gasteiger partial charge >= 0.3 is 0 Å². The molecule has 1 saturated heterocycles. The van der Waals surface area contributed by atoms with E-state index in [1.807, 2.05) is 0 Å². The first-order chi connectivity index (χ1) is 16.7. The van der Waals surface area contributed by atoms with Crippen LogP contribution in [0.1, 0.15) is 27.3 Å². The van der Waals surface area contributed by atoms with Gasteiger partial charge < -0.3 is 20.7 Å². The van der Waals surface area contributed by atoms with Gasteiger partial charge in [0.1, 0.15) is 17.7 Å². The fourth-order valence-electron chi connectivity index (χ4n) is 3.43. The van der Waals surface area contributed by atoms with Crippen LogP contribution < -0.4 is 20.7 Å². The summed E-state index contributed by atoms with van der Waals surface area (Å²) in [4.78, 5) is 34.1. The van der Waals surface area contributed by atoms with E-state index in [9.17, 15) is 18.0 Å². The van der Waals surface area contributed by atoms with Crippen LogP contribution in [0.4, 0.5) is 11.5 Å². The van der Waals surface area contributed by atoms with E-state index in [2.05, 4.69) is 25.9 Å². The molecule has 2 aromatic heterocycles. The van der Waals surface area contributed by atoms with E-state index in [0.29, 0.717) is 11.6 Å². The number of anilines is 2. The number of amides is 2. The minimum atomic E-state index is -3.52. The van der Waals surface area contributed by atoms with Gasteiger partial charge in [-0.3, -0.25) is 9.59 Å². The second-order valence-electron chi connectivity index (χ2n) is 7.83. The van der Waals surface area contributed by atoms with Crippen molar-refractivity contribution in [1.29, 1.82) is 0 Å². The largest absolute Gasteiger partial charge is 0.488 e. The van der Waals surface area contributed by atoms with Gasteiger partial charge in [0.05, 0.1) is 21.2 Å². The molecule has 1 aromatic carbocycles. The van der Waals surface area contributed by atoms with Crippen molar-refractivity contribution in [3.63, 3.8) is 0 Å². The summed E-state index contributed by atoms with van der Waals surface area (Å²) in [7, 11) is -3.52. The molecule has 1 unspecified atom stereocenters.